The third-order valence-electron chi connectivity index (χ3n) is 2.97. The predicted molar refractivity (Wildman–Crippen MR) is 82.6 cm³/mol. The number of hydrogen-bond acceptors (Lipinski definition) is 3. The number of halogens is 2. The third kappa shape index (κ3) is 4.85. The maximum Gasteiger partial charge on any atom is 0.303 e. The fourth-order valence-electron chi connectivity index (χ4n) is 1.81. The zero-order valence-corrected chi connectivity index (χ0v) is 14.1. The Bertz CT molecular complexity index is 618. The number of nitrogens with one attached hydrogen (secondary N) is 1. The molecule has 0 saturated heterocycles. The van der Waals surface area contributed by atoms with Crippen LogP contribution in [0.25, 0.3) is 0 Å². The summed E-state index contributed by atoms with van der Waals surface area (Å²) in [6.07, 6.45) is 0.846. The highest BCUT2D eigenvalue weighted by Gasteiger charge is 2.23. The fraction of sp³-hybridized carbons (Fsp3) is 0.462. The largest absolute Gasteiger partial charge is 0.481 e. The summed E-state index contributed by atoms with van der Waals surface area (Å²) in [5.41, 5.74) is 0.976. The lowest BCUT2D eigenvalue weighted by Crippen LogP contribution is -2.26. The van der Waals surface area contributed by atoms with E-state index in [0.29, 0.717) is 29.0 Å². The molecule has 0 spiro atoms. The van der Waals surface area contributed by atoms with Crippen molar-refractivity contribution in [1.29, 1.82) is 0 Å². The molecule has 0 bridgehead atoms. The summed E-state index contributed by atoms with van der Waals surface area (Å²) in [6.45, 7) is 3.42. The first-order valence-corrected chi connectivity index (χ1v) is 8.57. The van der Waals surface area contributed by atoms with Crippen LogP contribution in [0.4, 0.5) is 0 Å². The first-order valence-electron chi connectivity index (χ1n) is 6.33. The summed E-state index contributed by atoms with van der Waals surface area (Å²) >= 11 is 12.1. The monoisotopic (exact) mass is 353 g/mol. The van der Waals surface area contributed by atoms with Gasteiger partial charge in [-0.25, -0.2) is 13.1 Å². The molecular weight excluding hydrogens is 337 g/mol. The van der Waals surface area contributed by atoms with Crippen LogP contribution in [0.5, 0.6) is 0 Å². The maximum atomic E-state index is 12.3. The van der Waals surface area contributed by atoms with E-state index in [1.807, 2.05) is 0 Å². The molecule has 0 atom stereocenters. The van der Waals surface area contributed by atoms with E-state index in [9.17, 15) is 13.2 Å². The molecule has 2 N–H and O–H groups in total. The van der Waals surface area contributed by atoms with Gasteiger partial charge in [0, 0.05) is 18.0 Å². The van der Waals surface area contributed by atoms with Crippen molar-refractivity contribution in [3.05, 3.63) is 27.2 Å². The number of carbonyl (C=O) groups is 1. The average molecular weight is 354 g/mol. The van der Waals surface area contributed by atoms with Crippen molar-refractivity contribution in [1.82, 2.24) is 4.72 Å². The Labute approximate surface area is 134 Å². The van der Waals surface area contributed by atoms with Crippen LogP contribution in [0.1, 0.15) is 30.4 Å². The summed E-state index contributed by atoms with van der Waals surface area (Å²) < 4.78 is 27.0. The van der Waals surface area contributed by atoms with E-state index in [1.165, 1.54) is 0 Å². The van der Waals surface area contributed by atoms with Gasteiger partial charge in [0.2, 0.25) is 10.0 Å². The quantitative estimate of drug-likeness (QED) is 0.737. The molecule has 0 aliphatic rings. The Balaban J connectivity index is 2.87. The minimum atomic E-state index is -3.78. The highest BCUT2D eigenvalue weighted by molar-refractivity contribution is 7.89. The summed E-state index contributed by atoms with van der Waals surface area (Å²) in [6, 6.07) is 1.62. The number of hydrogen-bond donors (Lipinski definition) is 2. The van der Waals surface area contributed by atoms with Crippen LogP contribution < -0.4 is 4.72 Å². The van der Waals surface area contributed by atoms with E-state index in [4.69, 9.17) is 28.3 Å². The average Bonchev–Trinajstić information content (AvgIpc) is 2.35. The summed E-state index contributed by atoms with van der Waals surface area (Å²) in [7, 11) is -3.78. The molecule has 0 unspecified atom stereocenters. The molecule has 118 valence electrons. The normalized spacial score (nSPS) is 11.6. The molecule has 1 rings (SSSR count). The molecule has 1 aromatic carbocycles. The van der Waals surface area contributed by atoms with Crippen molar-refractivity contribution >= 4 is 39.2 Å². The topological polar surface area (TPSA) is 83.5 Å². The third-order valence-corrected chi connectivity index (χ3v) is 5.59. The lowest BCUT2D eigenvalue weighted by atomic mass is 10.2. The Hall–Kier alpha value is -0.820. The van der Waals surface area contributed by atoms with E-state index in [1.54, 1.807) is 19.9 Å². The Morgan fingerprint density at radius 1 is 1.29 bits per heavy atom. The lowest BCUT2D eigenvalue weighted by Gasteiger charge is -2.14. The van der Waals surface area contributed by atoms with Crippen molar-refractivity contribution in [2.75, 3.05) is 6.54 Å². The minimum Gasteiger partial charge on any atom is -0.481 e. The molecule has 0 aliphatic heterocycles. The van der Waals surface area contributed by atoms with Gasteiger partial charge in [0.15, 0.2) is 0 Å². The van der Waals surface area contributed by atoms with Crippen LogP contribution in [-0.2, 0) is 14.8 Å². The van der Waals surface area contributed by atoms with E-state index in [2.05, 4.69) is 4.72 Å². The molecule has 5 nitrogen and oxygen atoms in total. The molecule has 0 aliphatic carbocycles. The number of benzene rings is 1. The number of aliphatic carboxylic acids is 1. The van der Waals surface area contributed by atoms with Gasteiger partial charge in [-0.1, -0.05) is 23.2 Å². The number of sulfonamides is 1. The fourth-order valence-corrected chi connectivity index (χ4v) is 4.10. The molecule has 0 radical (unpaired) electrons. The van der Waals surface area contributed by atoms with Gasteiger partial charge in [0.25, 0.3) is 0 Å². The second kappa shape index (κ2) is 7.45. The molecule has 0 heterocycles. The number of unbranched alkanes of at least 4 members (excludes halogenated alkanes) is 1. The highest BCUT2D eigenvalue weighted by Crippen LogP contribution is 2.33. The van der Waals surface area contributed by atoms with Gasteiger partial charge in [-0.2, -0.15) is 0 Å². The molecule has 0 fully saturated rings. The first kappa shape index (κ1) is 18.2. The van der Waals surface area contributed by atoms with Crippen LogP contribution >= 0.6 is 23.2 Å². The zero-order valence-electron chi connectivity index (χ0n) is 11.7. The highest BCUT2D eigenvalue weighted by atomic mass is 35.5. The lowest BCUT2D eigenvalue weighted by molar-refractivity contribution is -0.137. The first-order chi connectivity index (χ1) is 9.66. The Kier molecular flexibility index (Phi) is 6.46. The van der Waals surface area contributed by atoms with Gasteiger partial charge in [-0.05, 0) is 43.9 Å². The van der Waals surface area contributed by atoms with Crippen LogP contribution in [0.2, 0.25) is 10.0 Å². The number of rotatable bonds is 7. The molecule has 0 aromatic heterocycles. The van der Waals surface area contributed by atoms with Gasteiger partial charge in [0.05, 0.1) is 5.02 Å². The maximum absolute atomic E-state index is 12.3. The summed E-state index contributed by atoms with van der Waals surface area (Å²) in [5.74, 6) is -0.901. The summed E-state index contributed by atoms with van der Waals surface area (Å²) in [5, 5.41) is 9.00. The molecule has 0 saturated carbocycles. The van der Waals surface area contributed by atoms with Crippen molar-refractivity contribution in [2.24, 2.45) is 0 Å². The van der Waals surface area contributed by atoms with Gasteiger partial charge in [-0.15, -0.1) is 0 Å². The Morgan fingerprint density at radius 3 is 2.48 bits per heavy atom. The molecule has 21 heavy (non-hydrogen) atoms. The van der Waals surface area contributed by atoms with Crippen LogP contribution in [-0.4, -0.2) is 26.0 Å². The van der Waals surface area contributed by atoms with Crippen LogP contribution in [0, 0.1) is 13.8 Å². The van der Waals surface area contributed by atoms with Crippen molar-refractivity contribution < 1.29 is 18.3 Å². The smallest absolute Gasteiger partial charge is 0.303 e. The molecule has 8 heteroatoms. The molecule has 0 amide bonds. The van der Waals surface area contributed by atoms with E-state index < -0.39 is 16.0 Å². The van der Waals surface area contributed by atoms with E-state index in [0.717, 1.165) is 0 Å². The number of aryl methyl sites for hydroxylation is 1. The van der Waals surface area contributed by atoms with Gasteiger partial charge >= 0.3 is 5.97 Å². The Morgan fingerprint density at radius 2 is 1.90 bits per heavy atom. The SMILES string of the molecule is Cc1cc(Cl)c(C)c(S(=O)(=O)NCCCCC(=O)O)c1Cl. The number of carboxylic acid groups (broad SMARTS) is 1. The van der Waals surface area contributed by atoms with E-state index in [-0.39, 0.29) is 22.9 Å². The van der Waals surface area contributed by atoms with Gasteiger partial charge < -0.3 is 5.11 Å². The standard InChI is InChI=1S/C13H17Cl2NO4S/c1-8-7-10(14)9(2)13(12(8)15)21(19,20)16-6-4-3-5-11(17)18/h7,16H,3-6H2,1-2H3,(H,17,18). The van der Waals surface area contributed by atoms with Crippen molar-refractivity contribution in [2.45, 2.75) is 38.0 Å². The van der Waals surface area contributed by atoms with Crippen molar-refractivity contribution in [3.8, 4) is 0 Å². The molecular formula is C13H17Cl2NO4S. The minimum absolute atomic E-state index is 0.0117. The molecule has 1 aromatic rings. The van der Waals surface area contributed by atoms with E-state index >= 15 is 0 Å². The predicted octanol–water partition coefficient (Wildman–Crippen LogP) is 3.14. The zero-order chi connectivity index (χ0) is 16.2. The number of carboxylic acids is 1. The van der Waals surface area contributed by atoms with Gasteiger partial charge in [0.1, 0.15) is 4.90 Å². The van der Waals surface area contributed by atoms with Crippen LogP contribution in [0.3, 0.4) is 0 Å². The van der Waals surface area contributed by atoms with Crippen molar-refractivity contribution in [3.63, 3.8) is 0 Å². The van der Waals surface area contributed by atoms with Gasteiger partial charge in [-0.3, -0.25) is 4.79 Å². The van der Waals surface area contributed by atoms with Crippen LogP contribution in [0.15, 0.2) is 11.0 Å². The second-order valence-electron chi connectivity index (χ2n) is 4.69. The second-order valence-corrected chi connectivity index (χ2v) is 7.18. The summed E-state index contributed by atoms with van der Waals surface area (Å²) in [4.78, 5) is 10.4.